The van der Waals surface area contributed by atoms with E-state index in [4.69, 9.17) is 0 Å². The third-order valence-electron chi connectivity index (χ3n) is 3.34. The van der Waals surface area contributed by atoms with E-state index in [2.05, 4.69) is 31.1 Å². The number of rotatable bonds is 2. The molecule has 2 unspecified atom stereocenters. The Morgan fingerprint density at radius 2 is 2.08 bits per heavy atom. The van der Waals surface area contributed by atoms with E-state index in [9.17, 15) is 0 Å². The fourth-order valence-electron chi connectivity index (χ4n) is 2.11. The van der Waals surface area contributed by atoms with Crippen molar-refractivity contribution in [2.75, 3.05) is 20.1 Å². The Labute approximate surface area is 75.3 Å². The molecule has 1 saturated heterocycles. The molecule has 2 fully saturated rings. The number of hydrogen-bond donors (Lipinski definition) is 1. The highest BCUT2D eigenvalue weighted by atomic mass is 15.2. The molecular weight excluding hydrogens is 148 g/mol. The van der Waals surface area contributed by atoms with Gasteiger partial charge in [0.1, 0.15) is 0 Å². The molecule has 2 nitrogen and oxygen atoms in total. The van der Waals surface area contributed by atoms with Crippen LogP contribution in [0.3, 0.4) is 0 Å². The quantitative estimate of drug-likeness (QED) is 0.663. The van der Waals surface area contributed by atoms with Gasteiger partial charge >= 0.3 is 0 Å². The van der Waals surface area contributed by atoms with Crippen LogP contribution in [0, 0.1) is 5.41 Å². The number of nitrogens with one attached hydrogen (secondary N) is 1. The highest BCUT2D eigenvalue weighted by Gasteiger charge is 2.46. The second-order valence-corrected chi connectivity index (χ2v) is 5.16. The Balaban J connectivity index is 1.75. The van der Waals surface area contributed by atoms with Gasteiger partial charge < -0.3 is 10.2 Å². The first-order valence-corrected chi connectivity index (χ1v) is 5.02. The Kier molecular flexibility index (Phi) is 1.92. The summed E-state index contributed by atoms with van der Waals surface area (Å²) >= 11 is 0. The SMILES string of the molecule is CN1CCC(NC2CC2(C)C)C1. The van der Waals surface area contributed by atoms with Crippen molar-refractivity contribution in [2.24, 2.45) is 5.41 Å². The zero-order valence-corrected chi connectivity index (χ0v) is 8.43. The number of nitrogens with zero attached hydrogens (tertiary/aromatic N) is 1. The number of likely N-dealkylation sites (tertiary alicyclic amines) is 1. The lowest BCUT2D eigenvalue weighted by Gasteiger charge is -2.13. The van der Waals surface area contributed by atoms with Gasteiger partial charge in [0, 0.05) is 18.6 Å². The molecule has 2 heteroatoms. The molecule has 2 atom stereocenters. The van der Waals surface area contributed by atoms with E-state index in [1.807, 2.05) is 0 Å². The molecule has 0 aromatic heterocycles. The van der Waals surface area contributed by atoms with Gasteiger partial charge in [0.15, 0.2) is 0 Å². The van der Waals surface area contributed by atoms with Crippen LogP contribution >= 0.6 is 0 Å². The summed E-state index contributed by atoms with van der Waals surface area (Å²) in [6.07, 6.45) is 2.70. The van der Waals surface area contributed by atoms with Crippen LogP contribution in [0.15, 0.2) is 0 Å². The lowest BCUT2D eigenvalue weighted by Crippen LogP contribution is -2.34. The average Bonchev–Trinajstić information content (AvgIpc) is 2.41. The van der Waals surface area contributed by atoms with Crippen molar-refractivity contribution in [1.29, 1.82) is 0 Å². The first kappa shape index (κ1) is 8.52. The van der Waals surface area contributed by atoms with Crippen LogP contribution < -0.4 is 5.32 Å². The van der Waals surface area contributed by atoms with Gasteiger partial charge in [-0.05, 0) is 31.8 Å². The van der Waals surface area contributed by atoms with Gasteiger partial charge in [-0.2, -0.15) is 0 Å². The van der Waals surface area contributed by atoms with E-state index in [1.54, 1.807) is 0 Å². The second-order valence-electron chi connectivity index (χ2n) is 5.16. The van der Waals surface area contributed by atoms with Crippen molar-refractivity contribution >= 4 is 0 Å². The Bertz CT molecular complexity index is 177. The summed E-state index contributed by atoms with van der Waals surface area (Å²) < 4.78 is 0. The van der Waals surface area contributed by atoms with Gasteiger partial charge in [0.2, 0.25) is 0 Å². The van der Waals surface area contributed by atoms with E-state index in [-0.39, 0.29) is 0 Å². The first-order valence-electron chi connectivity index (χ1n) is 5.02. The largest absolute Gasteiger partial charge is 0.309 e. The van der Waals surface area contributed by atoms with E-state index < -0.39 is 0 Å². The van der Waals surface area contributed by atoms with Gasteiger partial charge in [0.25, 0.3) is 0 Å². The van der Waals surface area contributed by atoms with E-state index in [0.717, 1.165) is 12.1 Å². The molecule has 1 aliphatic carbocycles. The Hall–Kier alpha value is -0.0800. The molecule has 0 aromatic carbocycles. The van der Waals surface area contributed by atoms with Crippen molar-refractivity contribution in [3.8, 4) is 0 Å². The molecule has 0 bridgehead atoms. The van der Waals surface area contributed by atoms with E-state index >= 15 is 0 Å². The summed E-state index contributed by atoms with van der Waals surface area (Å²) in [5, 5.41) is 3.73. The summed E-state index contributed by atoms with van der Waals surface area (Å²) in [5.41, 5.74) is 0.584. The average molecular weight is 168 g/mol. The zero-order valence-electron chi connectivity index (χ0n) is 8.43. The van der Waals surface area contributed by atoms with Crippen LogP contribution in [0.5, 0.6) is 0 Å². The van der Waals surface area contributed by atoms with Gasteiger partial charge in [0.05, 0.1) is 0 Å². The molecule has 1 aliphatic heterocycles. The normalized spacial score (nSPS) is 40.2. The van der Waals surface area contributed by atoms with E-state index in [0.29, 0.717) is 5.41 Å². The fraction of sp³-hybridized carbons (Fsp3) is 1.00. The molecule has 2 aliphatic rings. The van der Waals surface area contributed by atoms with Crippen molar-refractivity contribution in [3.05, 3.63) is 0 Å². The van der Waals surface area contributed by atoms with Crippen LogP contribution in [0.2, 0.25) is 0 Å². The summed E-state index contributed by atoms with van der Waals surface area (Å²) in [5.74, 6) is 0. The topological polar surface area (TPSA) is 15.3 Å². The van der Waals surface area contributed by atoms with Crippen molar-refractivity contribution in [2.45, 2.75) is 38.8 Å². The van der Waals surface area contributed by atoms with Crippen LogP contribution in [-0.4, -0.2) is 37.1 Å². The lowest BCUT2D eigenvalue weighted by molar-refractivity contribution is 0.390. The monoisotopic (exact) mass is 168 g/mol. The van der Waals surface area contributed by atoms with Gasteiger partial charge in [-0.3, -0.25) is 0 Å². The minimum absolute atomic E-state index is 0.584. The molecular formula is C10H20N2. The highest BCUT2D eigenvalue weighted by Crippen LogP contribution is 2.45. The fourth-order valence-corrected chi connectivity index (χ4v) is 2.11. The second kappa shape index (κ2) is 2.71. The van der Waals surface area contributed by atoms with Crippen LogP contribution in [0.25, 0.3) is 0 Å². The Morgan fingerprint density at radius 3 is 2.50 bits per heavy atom. The maximum absolute atomic E-state index is 3.73. The zero-order chi connectivity index (χ0) is 8.77. The van der Waals surface area contributed by atoms with Gasteiger partial charge in [-0.15, -0.1) is 0 Å². The molecule has 1 N–H and O–H groups in total. The van der Waals surface area contributed by atoms with Crippen molar-refractivity contribution < 1.29 is 0 Å². The maximum atomic E-state index is 3.73. The summed E-state index contributed by atoms with van der Waals surface area (Å²) in [4.78, 5) is 2.41. The van der Waals surface area contributed by atoms with Gasteiger partial charge in [-0.25, -0.2) is 0 Å². The molecule has 2 rings (SSSR count). The first-order chi connectivity index (χ1) is 5.58. The third-order valence-corrected chi connectivity index (χ3v) is 3.34. The van der Waals surface area contributed by atoms with Crippen LogP contribution in [-0.2, 0) is 0 Å². The Morgan fingerprint density at radius 1 is 1.42 bits per heavy atom. The molecule has 0 spiro atoms. The minimum atomic E-state index is 0.584. The summed E-state index contributed by atoms with van der Waals surface area (Å²) in [6.45, 7) is 7.21. The highest BCUT2D eigenvalue weighted by molar-refractivity contribution is 5.03. The van der Waals surface area contributed by atoms with Crippen molar-refractivity contribution in [3.63, 3.8) is 0 Å². The maximum Gasteiger partial charge on any atom is 0.0209 e. The van der Waals surface area contributed by atoms with Crippen molar-refractivity contribution in [1.82, 2.24) is 10.2 Å². The predicted molar refractivity (Wildman–Crippen MR) is 51.2 cm³/mol. The lowest BCUT2D eigenvalue weighted by atomic mass is 10.1. The molecule has 70 valence electrons. The van der Waals surface area contributed by atoms with Crippen LogP contribution in [0.1, 0.15) is 26.7 Å². The van der Waals surface area contributed by atoms with Crippen LogP contribution in [0.4, 0.5) is 0 Å². The third kappa shape index (κ3) is 1.64. The molecule has 0 aromatic rings. The molecule has 1 heterocycles. The van der Waals surface area contributed by atoms with E-state index in [1.165, 1.54) is 25.9 Å². The van der Waals surface area contributed by atoms with Gasteiger partial charge in [-0.1, -0.05) is 13.8 Å². The standard InChI is InChI=1S/C10H20N2/c1-10(2)6-9(10)11-8-4-5-12(3)7-8/h8-9,11H,4-7H2,1-3H3. The number of likely N-dealkylation sites (N-methyl/N-ethyl adjacent to an activating group) is 1. The molecule has 1 saturated carbocycles. The number of hydrogen-bond acceptors (Lipinski definition) is 2. The summed E-state index contributed by atoms with van der Waals surface area (Å²) in [7, 11) is 2.21. The minimum Gasteiger partial charge on any atom is -0.309 e. The predicted octanol–water partition coefficient (Wildman–Crippen LogP) is 1.08. The molecule has 12 heavy (non-hydrogen) atoms. The summed E-state index contributed by atoms with van der Waals surface area (Å²) in [6, 6.07) is 1.57. The smallest absolute Gasteiger partial charge is 0.0209 e. The molecule has 0 radical (unpaired) electrons. The molecule has 0 amide bonds.